The molecule has 2 aliphatic rings. The topological polar surface area (TPSA) is 61.4 Å². The van der Waals surface area contributed by atoms with Crippen LogP contribution in [0.3, 0.4) is 0 Å². The monoisotopic (exact) mass is 339 g/mol. The second-order valence-electron chi connectivity index (χ2n) is 6.10. The summed E-state index contributed by atoms with van der Waals surface area (Å²) in [6.45, 7) is 3.80. The van der Waals surface area contributed by atoms with Crippen LogP contribution in [0.4, 0.5) is 8.78 Å². The summed E-state index contributed by atoms with van der Waals surface area (Å²) in [4.78, 5) is 26.0. The van der Waals surface area contributed by atoms with Gasteiger partial charge >= 0.3 is 0 Å². The number of nitrogens with zero attached hydrogens (tertiary/aromatic N) is 1. The molecule has 2 N–H and O–H groups in total. The highest BCUT2D eigenvalue weighted by Gasteiger charge is 2.42. The van der Waals surface area contributed by atoms with Gasteiger partial charge in [0.25, 0.3) is 5.92 Å². The van der Waals surface area contributed by atoms with Gasteiger partial charge in [-0.15, -0.1) is 12.4 Å². The molecule has 128 valence electrons. The van der Waals surface area contributed by atoms with Crippen LogP contribution in [0.15, 0.2) is 0 Å². The molecule has 3 unspecified atom stereocenters. The van der Waals surface area contributed by atoms with Gasteiger partial charge in [-0.2, -0.15) is 0 Å². The number of hydrogen-bond acceptors (Lipinski definition) is 3. The van der Waals surface area contributed by atoms with Crippen LogP contribution in [0.25, 0.3) is 0 Å². The SMILES string of the molecule is CC(NC(=O)C1CC(F)(F)CN1)C(=O)N1CCCCC1C.Cl. The van der Waals surface area contributed by atoms with Gasteiger partial charge in [0.05, 0.1) is 12.6 Å². The number of likely N-dealkylation sites (tertiary alicyclic amines) is 1. The smallest absolute Gasteiger partial charge is 0.262 e. The summed E-state index contributed by atoms with van der Waals surface area (Å²) in [5.41, 5.74) is 0. The molecular formula is C14H24ClF2N3O2. The zero-order valence-corrected chi connectivity index (χ0v) is 13.7. The van der Waals surface area contributed by atoms with Crippen LogP contribution in [0.1, 0.15) is 39.5 Å². The standard InChI is InChI=1S/C14H23F2N3O2.ClH/c1-9-5-3-4-6-19(9)13(21)10(2)18-12(20)11-7-14(15,16)8-17-11;/h9-11,17H,3-8H2,1-2H3,(H,18,20);1H. The predicted octanol–water partition coefficient (Wildman–Crippen LogP) is 1.31. The van der Waals surface area contributed by atoms with Crippen LogP contribution in [-0.2, 0) is 9.59 Å². The quantitative estimate of drug-likeness (QED) is 0.815. The van der Waals surface area contributed by atoms with E-state index in [-0.39, 0.29) is 24.4 Å². The molecule has 0 aromatic rings. The molecule has 2 rings (SSSR count). The normalized spacial score (nSPS) is 28.6. The summed E-state index contributed by atoms with van der Waals surface area (Å²) in [6, 6.07) is -1.44. The van der Waals surface area contributed by atoms with Gasteiger partial charge in [0.15, 0.2) is 0 Å². The first-order valence-corrected chi connectivity index (χ1v) is 7.52. The van der Waals surface area contributed by atoms with Gasteiger partial charge < -0.3 is 10.2 Å². The van der Waals surface area contributed by atoms with Crippen molar-refractivity contribution in [1.29, 1.82) is 0 Å². The largest absolute Gasteiger partial charge is 0.343 e. The van der Waals surface area contributed by atoms with E-state index in [9.17, 15) is 18.4 Å². The molecule has 3 atom stereocenters. The van der Waals surface area contributed by atoms with Crippen molar-refractivity contribution >= 4 is 24.2 Å². The number of amides is 2. The molecule has 0 spiro atoms. The Balaban J connectivity index is 0.00000242. The van der Waals surface area contributed by atoms with Crippen molar-refractivity contribution in [3.8, 4) is 0 Å². The van der Waals surface area contributed by atoms with Crippen molar-refractivity contribution in [3.05, 3.63) is 0 Å². The third-order valence-corrected chi connectivity index (χ3v) is 4.24. The highest BCUT2D eigenvalue weighted by molar-refractivity contribution is 5.90. The van der Waals surface area contributed by atoms with Crippen LogP contribution in [0.5, 0.6) is 0 Å². The first-order valence-electron chi connectivity index (χ1n) is 7.52. The maximum Gasteiger partial charge on any atom is 0.262 e. The Bertz CT molecular complexity index is 423. The Morgan fingerprint density at radius 1 is 1.36 bits per heavy atom. The second-order valence-corrected chi connectivity index (χ2v) is 6.10. The van der Waals surface area contributed by atoms with Crippen LogP contribution < -0.4 is 10.6 Å². The number of rotatable bonds is 3. The molecule has 0 bridgehead atoms. The van der Waals surface area contributed by atoms with Gasteiger partial charge in [-0.3, -0.25) is 14.9 Å². The van der Waals surface area contributed by atoms with Crippen molar-refractivity contribution < 1.29 is 18.4 Å². The summed E-state index contributed by atoms with van der Waals surface area (Å²) >= 11 is 0. The van der Waals surface area contributed by atoms with E-state index in [0.29, 0.717) is 6.54 Å². The fraction of sp³-hybridized carbons (Fsp3) is 0.857. The van der Waals surface area contributed by atoms with Crippen LogP contribution >= 0.6 is 12.4 Å². The van der Waals surface area contributed by atoms with E-state index in [1.807, 2.05) is 6.92 Å². The Morgan fingerprint density at radius 2 is 2.05 bits per heavy atom. The van der Waals surface area contributed by atoms with Crippen LogP contribution in [0, 0.1) is 0 Å². The summed E-state index contributed by atoms with van der Waals surface area (Å²) < 4.78 is 26.2. The lowest BCUT2D eigenvalue weighted by molar-refractivity contribution is -0.139. The van der Waals surface area contributed by atoms with E-state index in [2.05, 4.69) is 10.6 Å². The highest BCUT2D eigenvalue weighted by atomic mass is 35.5. The number of piperidine rings is 1. The van der Waals surface area contributed by atoms with Gasteiger partial charge in [-0.25, -0.2) is 8.78 Å². The lowest BCUT2D eigenvalue weighted by atomic mass is 10.0. The molecule has 0 aliphatic carbocycles. The van der Waals surface area contributed by atoms with Gasteiger partial charge in [-0.05, 0) is 33.1 Å². The molecule has 5 nitrogen and oxygen atoms in total. The molecule has 2 heterocycles. The Hall–Kier alpha value is -0.950. The van der Waals surface area contributed by atoms with Crippen molar-refractivity contribution in [1.82, 2.24) is 15.5 Å². The number of alkyl halides is 2. The Kier molecular flexibility index (Phi) is 6.55. The minimum atomic E-state index is -2.85. The average molecular weight is 340 g/mol. The van der Waals surface area contributed by atoms with Gasteiger partial charge in [0.2, 0.25) is 11.8 Å². The molecule has 2 amide bonds. The highest BCUT2D eigenvalue weighted by Crippen LogP contribution is 2.25. The van der Waals surface area contributed by atoms with Gasteiger partial charge in [0.1, 0.15) is 6.04 Å². The zero-order chi connectivity index (χ0) is 15.6. The Morgan fingerprint density at radius 3 is 2.59 bits per heavy atom. The fourth-order valence-electron chi connectivity index (χ4n) is 2.95. The molecular weight excluding hydrogens is 316 g/mol. The first kappa shape index (κ1) is 19.1. The van der Waals surface area contributed by atoms with Crippen molar-refractivity contribution in [2.75, 3.05) is 13.1 Å². The fourth-order valence-corrected chi connectivity index (χ4v) is 2.95. The molecule has 0 radical (unpaired) electrons. The van der Waals surface area contributed by atoms with E-state index in [4.69, 9.17) is 0 Å². The van der Waals surface area contributed by atoms with Crippen molar-refractivity contribution in [3.63, 3.8) is 0 Å². The minimum Gasteiger partial charge on any atom is -0.343 e. The van der Waals surface area contributed by atoms with Gasteiger partial charge in [-0.1, -0.05) is 0 Å². The predicted molar refractivity (Wildman–Crippen MR) is 81.2 cm³/mol. The summed E-state index contributed by atoms with van der Waals surface area (Å²) in [6.07, 6.45) is 2.52. The lowest BCUT2D eigenvalue weighted by Gasteiger charge is -2.35. The average Bonchev–Trinajstić information content (AvgIpc) is 2.79. The van der Waals surface area contributed by atoms with Crippen LogP contribution in [-0.4, -0.2) is 53.9 Å². The molecule has 22 heavy (non-hydrogen) atoms. The summed E-state index contributed by atoms with van der Waals surface area (Å²) in [5, 5.41) is 5.04. The third kappa shape index (κ3) is 4.52. The van der Waals surface area contributed by atoms with Gasteiger partial charge in [0, 0.05) is 19.0 Å². The number of nitrogens with one attached hydrogen (secondary N) is 2. The molecule has 8 heteroatoms. The first-order chi connectivity index (χ1) is 9.80. The van der Waals surface area contributed by atoms with E-state index in [0.717, 1.165) is 19.3 Å². The van der Waals surface area contributed by atoms with E-state index in [1.165, 1.54) is 0 Å². The summed E-state index contributed by atoms with van der Waals surface area (Å²) in [7, 11) is 0. The molecule has 2 fully saturated rings. The zero-order valence-electron chi connectivity index (χ0n) is 12.9. The van der Waals surface area contributed by atoms with Crippen molar-refractivity contribution in [2.24, 2.45) is 0 Å². The number of carbonyl (C=O) groups excluding carboxylic acids is 2. The number of halogens is 3. The molecule has 0 saturated carbocycles. The summed E-state index contributed by atoms with van der Waals surface area (Å²) in [5.74, 6) is -3.52. The molecule has 0 aromatic carbocycles. The van der Waals surface area contributed by atoms with Crippen LogP contribution in [0.2, 0.25) is 0 Å². The maximum absolute atomic E-state index is 13.1. The number of hydrogen-bond donors (Lipinski definition) is 2. The number of carbonyl (C=O) groups is 2. The lowest BCUT2D eigenvalue weighted by Crippen LogP contribution is -2.54. The van der Waals surface area contributed by atoms with E-state index >= 15 is 0 Å². The molecule has 2 saturated heterocycles. The maximum atomic E-state index is 13.1. The minimum absolute atomic E-state index is 0. The molecule has 0 aromatic heterocycles. The van der Waals surface area contributed by atoms with Crippen molar-refractivity contribution in [2.45, 2.75) is 63.6 Å². The van der Waals surface area contributed by atoms with E-state index < -0.39 is 36.9 Å². The Labute approximate surface area is 135 Å². The second kappa shape index (κ2) is 7.55. The molecule has 2 aliphatic heterocycles. The third-order valence-electron chi connectivity index (χ3n) is 4.24. The van der Waals surface area contributed by atoms with E-state index in [1.54, 1.807) is 11.8 Å².